The molecule has 0 unspecified atom stereocenters. The molecule has 1 atom stereocenters. The van der Waals surface area contributed by atoms with Gasteiger partial charge in [0, 0.05) is 5.92 Å². The van der Waals surface area contributed by atoms with E-state index < -0.39 is 0 Å². The lowest BCUT2D eigenvalue weighted by molar-refractivity contribution is -0.119. The molecule has 0 radical (unpaired) electrons. The second-order valence-electron chi connectivity index (χ2n) is 4.42. The van der Waals surface area contributed by atoms with Crippen LogP contribution in [-0.4, -0.2) is 10.9 Å². The number of ketones is 1. The van der Waals surface area contributed by atoms with Gasteiger partial charge in [-0.05, 0) is 48.6 Å². The van der Waals surface area contributed by atoms with Crippen molar-refractivity contribution in [2.75, 3.05) is 0 Å². The van der Waals surface area contributed by atoms with Crippen LogP contribution in [0.15, 0.2) is 29.8 Å². The minimum Gasteiger partial charge on any atom is -0.508 e. The molecule has 84 valence electrons. The number of Topliss-reactive ketones (excluding diaryl/α,β-unsaturated/α-hetero) is 1. The Kier molecular flexibility index (Phi) is 3.09. The Labute approximate surface area is 95.6 Å². The molecule has 0 spiro atoms. The zero-order valence-corrected chi connectivity index (χ0v) is 9.44. The number of benzene rings is 1. The number of phenols is 1. The Morgan fingerprint density at radius 1 is 1.31 bits per heavy atom. The Morgan fingerprint density at radius 3 is 2.69 bits per heavy atom. The molecular weight excluding hydrogens is 200 g/mol. The summed E-state index contributed by atoms with van der Waals surface area (Å²) in [6.07, 6.45) is 4.92. The second-order valence-corrected chi connectivity index (χ2v) is 4.42. The predicted molar refractivity (Wildman–Crippen MR) is 64.1 cm³/mol. The van der Waals surface area contributed by atoms with Gasteiger partial charge in [-0.15, -0.1) is 0 Å². The molecule has 1 aromatic carbocycles. The summed E-state index contributed by atoms with van der Waals surface area (Å²) in [6, 6.07) is 6.94. The van der Waals surface area contributed by atoms with E-state index in [0.29, 0.717) is 0 Å². The van der Waals surface area contributed by atoms with Gasteiger partial charge in [-0.2, -0.15) is 0 Å². The van der Waals surface area contributed by atoms with Crippen LogP contribution in [0.5, 0.6) is 5.75 Å². The molecule has 16 heavy (non-hydrogen) atoms. The average molecular weight is 216 g/mol. The Balaban J connectivity index is 2.23. The van der Waals surface area contributed by atoms with Gasteiger partial charge < -0.3 is 5.11 Å². The van der Waals surface area contributed by atoms with Crippen molar-refractivity contribution in [1.82, 2.24) is 0 Å². The predicted octanol–water partition coefficient (Wildman–Crippen LogP) is 3.16. The van der Waals surface area contributed by atoms with Crippen LogP contribution in [0.25, 0.3) is 6.08 Å². The van der Waals surface area contributed by atoms with Crippen molar-refractivity contribution in [2.45, 2.75) is 26.2 Å². The molecule has 0 aromatic heterocycles. The van der Waals surface area contributed by atoms with Crippen LogP contribution in [0.3, 0.4) is 0 Å². The van der Waals surface area contributed by atoms with Crippen molar-refractivity contribution in [1.29, 1.82) is 0 Å². The van der Waals surface area contributed by atoms with Gasteiger partial charge in [-0.25, -0.2) is 0 Å². The van der Waals surface area contributed by atoms with Gasteiger partial charge in [0.15, 0.2) is 5.78 Å². The molecule has 1 saturated carbocycles. The maximum atomic E-state index is 11.9. The molecule has 1 aliphatic rings. The highest BCUT2D eigenvalue weighted by Gasteiger charge is 2.22. The first-order valence-electron chi connectivity index (χ1n) is 5.70. The maximum absolute atomic E-state index is 11.9. The third-order valence-electron chi connectivity index (χ3n) is 3.08. The lowest BCUT2D eigenvalue weighted by Gasteiger charge is -2.19. The molecule has 1 aromatic rings. The highest BCUT2D eigenvalue weighted by molar-refractivity contribution is 6.01. The lowest BCUT2D eigenvalue weighted by atomic mass is 9.84. The van der Waals surface area contributed by atoms with E-state index in [1.165, 1.54) is 0 Å². The summed E-state index contributed by atoms with van der Waals surface area (Å²) in [5.41, 5.74) is 1.90. The summed E-state index contributed by atoms with van der Waals surface area (Å²) in [6.45, 7) is 1.99. The number of aromatic hydroxyl groups is 1. The molecule has 2 heteroatoms. The monoisotopic (exact) mass is 216 g/mol. The molecule has 1 N–H and O–H groups in total. The average Bonchev–Trinajstić information content (AvgIpc) is 2.28. The van der Waals surface area contributed by atoms with Crippen molar-refractivity contribution in [3.05, 3.63) is 35.4 Å². The third kappa shape index (κ3) is 2.32. The molecule has 1 fully saturated rings. The Bertz CT molecular complexity index is 415. The van der Waals surface area contributed by atoms with E-state index in [2.05, 4.69) is 0 Å². The molecule has 1 aliphatic carbocycles. The van der Waals surface area contributed by atoms with Crippen molar-refractivity contribution >= 4 is 11.9 Å². The van der Waals surface area contributed by atoms with Gasteiger partial charge >= 0.3 is 0 Å². The topological polar surface area (TPSA) is 37.3 Å². The van der Waals surface area contributed by atoms with E-state index in [0.717, 1.165) is 30.4 Å². The number of allylic oxidation sites excluding steroid dienone is 1. The van der Waals surface area contributed by atoms with Gasteiger partial charge in [0.25, 0.3) is 0 Å². The SMILES string of the molecule is C[C@@H]1CCC/C(=C\c2ccc(O)cc2)C1=O. The molecule has 0 aliphatic heterocycles. The van der Waals surface area contributed by atoms with Gasteiger partial charge in [0.2, 0.25) is 0 Å². The van der Waals surface area contributed by atoms with Crippen LogP contribution < -0.4 is 0 Å². The summed E-state index contributed by atoms with van der Waals surface area (Å²) in [5, 5.41) is 9.17. The zero-order valence-electron chi connectivity index (χ0n) is 9.44. The number of carbonyl (C=O) groups excluding carboxylic acids is 1. The molecule has 2 nitrogen and oxygen atoms in total. The molecule has 0 amide bonds. The summed E-state index contributed by atoms with van der Waals surface area (Å²) < 4.78 is 0. The van der Waals surface area contributed by atoms with Crippen LogP contribution in [0.1, 0.15) is 31.7 Å². The molecular formula is C14H16O2. The third-order valence-corrected chi connectivity index (χ3v) is 3.08. The molecule has 0 saturated heterocycles. The summed E-state index contributed by atoms with van der Waals surface area (Å²) in [5.74, 6) is 0.696. The number of hydrogen-bond acceptors (Lipinski definition) is 2. The smallest absolute Gasteiger partial charge is 0.161 e. The Hall–Kier alpha value is -1.57. The first-order valence-corrected chi connectivity index (χ1v) is 5.70. The highest BCUT2D eigenvalue weighted by atomic mass is 16.3. The second kappa shape index (κ2) is 4.52. The highest BCUT2D eigenvalue weighted by Crippen LogP contribution is 2.26. The van der Waals surface area contributed by atoms with Crippen molar-refractivity contribution < 1.29 is 9.90 Å². The lowest BCUT2D eigenvalue weighted by Crippen LogP contribution is -2.18. The van der Waals surface area contributed by atoms with E-state index in [-0.39, 0.29) is 17.5 Å². The van der Waals surface area contributed by atoms with Crippen LogP contribution in [0.4, 0.5) is 0 Å². The fraction of sp³-hybridized carbons (Fsp3) is 0.357. The number of carbonyl (C=O) groups is 1. The van der Waals surface area contributed by atoms with Gasteiger partial charge in [0.1, 0.15) is 5.75 Å². The van der Waals surface area contributed by atoms with Gasteiger partial charge in [-0.1, -0.05) is 19.1 Å². The normalized spacial score (nSPS) is 23.7. The summed E-state index contributed by atoms with van der Waals surface area (Å²) in [7, 11) is 0. The summed E-state index contributed by atoms with van der Waals surface area (Å²) >= 11 is 0. The van der Waals surface area contributed by atoms with Crippen LogP contribution in [0.2, 0.25) is 0 Å². The van der Waals surface area contributed by atoms with E-state index in [9.17, 15) is 4.79 Å². The minimum atomic E-state index is 0.164. The first kappa shape index (κ1) is 10.9. The summed E-state index contributed by atoms with van der Waals surface area (Å²) in [4.78, 5) is 11.9. The van der Waals surface area contributed by atoms with E-state index in [1.807, 2.05) is 25.1 Å². The van der Waals surface area contributed by atoms with Crippen molar-refractivity contribution in [2.24, 2.45) is 5.92 Å². The number of phenolic OH excluding ortho intramolecular Hbond substituents is 1. The fourth-order valence-corrected chi connectivity index (χ4v) is 2.08. The first-order chi connectivity index (χ1) is 7.66. The van der Waals surface area contributed by atoms with Crippen molar-refractivity contribution in [3.8, 4) is 5.75 Å². The molecule has 2 rings (SSSR count). The molecule has 0 bridgehead atoms. The molecule has 0 heterocycles. The van der Waals surface area contributed by atoms with Gasteiger partial charge in [-0.3, -0.25) is 4.79 Å². The van der Waals surface area contributed by atoms with E-state index in [4.69, 9.17) is 5.11 Å². The zero-order chi connectivity index (χ0) is 11.5. The maximum Gasteiger partial charge on any atom is 0.161 e. The van der Waals surface area contributed by atoms with Crippen molar-refractivity contribution in [3.63, 3.8) is 0 Å². The standard InChI is InChI=1S/C14H16O2/c1-10-3-2-4-12(14(10)16)9-11-5-7-13(15)8-6-11/h5-10,15H,2-4H2,1H3/b12-9+/t10-/m1/s1. The number of hydrogen-bond donors (Lipinski definition) is 1. The van der Waals surface area contributed by atoms with E-state index >= 15 is 0 Å². The fourth-order valence-electron chi connectivity index (χ4n) is 2.08. The number of rotatable bonds is 1. The minimum absolute atomic E-state index is 0.164. The van der Waals surface area contributed by atoms with Gasteiger partial charge in [0.05, 0.1) is 0 Å². The Morgan fingerprint density at radius 2 is 2.00 bits per heavy atom. The largest absolute Gasteiger partial charge is 0.508 e. The quantitative estimate of drug-likeness (QED) is 0.732. The van der Waals surface area contributed by atoms with Crippen LogP contribution in [-0.2, 0) is 4.79 Å². The van der Waals surface area contributed by atoms with E-state index in [1.54, 1.807) is 12.1 Å². The van der Waals surface area contributed by atoms with Crippen LogP contribution in [0, 0.1) is 5.92 Å². The van der Waals surface area contributed by atoms with Crippen LogP contribution >= 0.6 is 0 Å².